The largest absolute Gasteiger partial charge is 0.378 e. The Hall–Kier alpha value is -3.02. The molecule has 156 valence electrons. The third-order valence-electron chi connectivity index (χ3n) is 4.90. The van der Waals surface area contributed by atoms with Gasteiger partial charge in [-0.1, -0.05) is 0 Å². The molecule has 0 spiro atoms. The summed E-state index contributed by atoms with van der Waals surface area (Å²) < 4.78 is 0. The van der Waals surface area contributed by atoms with Crippen LogP contribution in [-0.2, 0) is 9.59 Å². The van der Waals surface area contributed by atoms with E-state index in [2.05, 4.69) is 24.1 Å². The fourth-order valence-electron chi connectivity index (χ4n) is 3.18. The maximum absolute atomic E-state index is 12.3. The molecule has 0 aliphatic rings. The van der Waals surface area contributed by atoms with Crippen molar-refractivity contribution in [3.63, 3.8) is 0 Å². The van der Waals surface area contributed by atoms with E-state index in [0.29, 0.717) is 6.54 Å². The number of rotatable bonds is 9. The van der Waals surface area contributed by atoms with Crippen LogP contribution in [0.25, 0.3) is 0 Å². The first-order valence-corrected chi connectivity index (χ1v) is 10.1. The second-order valence-corrected chi connectivity index (χ2v) is 7.10. The van der Waals surface area contributed by atoms with E-state index < -0.39 is 0 Å². The lowest BCUT2D eigenvalue weighted by Crippen LogP contribution is -2.32. The van der Waals surface area contributed by atoms with Gasteiger partial charge < -0.3 is 20.0 Å². The van der Waals surface area contributed by atoms with Gasteiger partial charge in [-0.05, 0) is 62.4 Å². The van der Waals surface area contributed by atoms with Gasteiger partial charge >= 0.3 is 0 Å². The zero-order valence-electron chi connectivity index (χ0n) is 18.1. The molecule has 0 aliphatic carbocycles. The third kappa shape index (κ3) is 6.24. The van der Waals surface area contributed by atoms with Gasteiger partial charge in [-0.25, -0.2) is 0 Å². The topological polar surface area (TPSA) is 55.9 Å². The summed E-state index contributed by atoms with van der Waals surface area (Å²) in [6, 6.07) is 15.6. The Morgan fingerprint density at radius 1 is 0.828 bits per heavy atom. The first kappa shape index (κ1) is 22.3. The Balaban J connectivity index is 1.98. The molecule has 0 bridgehead atoms. The minimum Gasteiger partial charge on any atom is -0.378 e. The van der Waals surface area contributed by atoms with Gasteiger partial charge in [0.05, 0.1) is 0 Å². The normalized spacial score (nSPS) is 10.4. The maximum atomic E-state index is 12.3. The van der Waals surface area contributed by atoms with Gasteiger partial charge in [-0.3, -0.25) is 9.59 Å². The number of hydrogen-bond acceptors (Lipinski definition) is 4. The summed E-state index contributed by atoms with van der Waals surface area (Å²) in [6.07, 6.45) is 0.229. The molecule has 6 heteroatoms. The van der Waals surface area contributed by atoms with Gasteiger partial charge in [0, 0.05) is 69.8 Å². The van der Waals surface area contributed by atoms with Crippen molar-refractivity contribution >= 4 is 34.6 Å². The van der Waals surface area contributed by atoms with Crippen molar-refractivity contribution in [1.29, 1.82) is 0 Å². The molecule has 2 amide bonds. The lowest BCUT2D eigenvalue weighted by Gasteiger charge is -2.24. The van der Waals surface area contributed by atoms with E-state index in [4.69, 9.17) is 0 Å². The second-order valence-electron chi connectivity index (χ2n) is 7.10. The minimum atomic E-state index is -0.117. The van der Waals surface area contributed by atoms with Crippen molar-refractivity contribution in [2.24, 2.45) is 0 Å². The van der Waals surface area contributed by atoms with Gasteiger partial charge in [0.15, 0.2) is 0 Å². The number of nitrogens with one attached hydrogen (secondary N) is 1. The molecule has 29 heavy (non-hydrogen) atoms. The fourth-order valence-corrected chi connectivity index (χ4v) is 3.18. The van der Waals surface area contributed by atoms with Crippen molar-refractivity contribution in [2.45, 2.75) is 27.2 Å². The molecule has 6 nitrogen and oxygen atoms in total. The van der Waals surface area contributed by atoms with Crippen molar-refractivity contribution in [1.82, 2.24) is 0 Å². The first-order chi connectivity index (χ1) is 13.8. The first-order valence-electron chi connectivity index (χ1n) is 10.1. The highest BCUT2D eigenvalue weighted by Gasteiger charge is 2.14. The smallest absolute Gasteiger partial charge is 0.226 e. The Morgan fingerprint density at radius 2 is 1.34 bits per heavy atom. The number of nitrogens with zero attached hydrogens (tertiary/aromatic N) is 3. The molecule has 0 atom stereocenters. The summed E-state index contributed by atoms with van der Waals surface area (Å²) in [5.74, 6) is -0.197. The Morgan fingerprint density at radius 3 is 1.83 bits per heavy atom. The average molecular weight is 397 g/mol. The zero-order chi connectivity index (χ0) is 21.4. The van der Waals surface area contributed by atoms with Crippen LogP contribution in [0.2, 0.25) is 0 Å². The zero-order valence-corrected chi connectivity index (χ0v) is 18.1. The Labute approximate surface area is 174 Å². The van der Waals surface area contributed by atoms with Crippen molar-refractivity contribution in [3.8, 4) is 0 Å². The molecule has 1 N–H and O–H groups in total. The van der Waals surface area contributed by atoms with Crippen LogP contribution < -0.4 is 20.0 Å². The highest BCUT2D eigenvalue weighted by Crippen LogP contribution is 2.21. The van der Waals surface area contributed by atoms with Crippen LogP contribution in [0.15, 0.2) is 48.5 Å². The van der Waals surface area contributed by atoms with Gasteiger partial charge in [-0.2, -0.15) is 0 Å². The minimum absolute atomic E-state index is 0.0799. The molecule has 2 aromatic carbocycles. The fraction of sp³-hybridized carbons (Fsp3) is 0.391. The van der Waals surface area contributed by atoms with E-state index >= 15 is 0 Å². The summed E-state index contributed by atoms with van der Waals surface area (Å²) in [4.78, 5) is 30.4. The molecule has 2 rings (SSSR count). The standard InChI is InChI=1S/C23H32N4O2/c1-6-26(7-2)21-12-14-22(15-13-21)27(18(3)28)17-16-23(29)24-19-8-10-20(11-9-19)25(4)5/h8-15H,6-7,16-17H2,1-5H3,(H,24,29). The lowest BCUT2D eigenvalue weighted by atomic mass is 10.2. The average Bonchev–Trinajstić information content (AvgIpc) is 2.70. The van der Waals surface area contributed by atoms with Crippen molar-refractivity contribution < 1.29 is 9.59 Å². The van der Waals surface area contributed by atoms with E-state index in [1.54, 1.807) is 4.90 Å². The van der Waals surface area contributed by atoms with Gasteiger partial charge in [-0.15, -0.1) is 0 Å². The number of amides is 2. The number of carbonyl (C=O) groups is 2. The van der Waals surface area contributed by atoms with Gasteiger partial charge in [0.2, 0.25) is 11.8 Å². The van der Waals surface area contributed by atoms with Crippen LogP contribution >= 0.6 is 0 Å². The van der Waals surface area contributed by atoms with E-state index in [1.165, 1.54) is 6.92 Å². The monoisotopic (exact) mass is 396 g/mol. The third-order valence-corrected chi connectivity index (χ3v) is 4.90. The molecular formula is C23H32N4O2. The molecule has 0 aromatic heterocycles. The van der Waals surface area contributed by atoms with Gasteiger partial charge in [0.1, 0.15) is 0 Å². The summed E-state index contributed by atoms with van der Waals surface area (Å²) in [5, 5.41) is 2.89. The molecular weight excluding hydrogens is 364 g/mol. The summed E-state index contributed by atoms with van der Waals surface area (Å²) >= 11 is 0. The molecule has 0 radical (unpaired) electrons. The highest BCUT2D eigenvalue weighted by atomic mass is 16.2. The number of carbonyl (C=O) groups excluding carboxylic acids is 2. The number of anilines is 4. The van der Waals surface area contributed by atoms with E-state index in [1.807, 2.05) is 67.5 Å². The SMILES string of the molecule is CCN(CC)c1ccc(N(CCC(=O)Nc2ccc(N(C)C)cc2)C(C)=O)cc1. The molecule has 0 aliphatic heterocycles. The van der Waals surface area contributed by atoms with Crippen LogP contribution in [0.3, 0.4) is 0 Å². The summed E-state index contributed by atoms with van der Waals surface area (Å²) in [7, 11) is 3.94. The maximum Gasteiger partial charge on any atom is 0.226 e. The lowest BCUT2D eigenvalue weighted by molar-refractivity contribution is -0.117. The van der Waals surface area contributed by atoms with E-state index in [0.717, 1.165) is 35.8 Å². The predicted molar refractivity (Wildman–Crippen MR) is 122 cm³/mol. The van der Waals surface area contributed by atoms with E-state index in [9.17, 15) is 9.59 Å². The molecule has 0 heterocycles. The van der Waals surface area contributed by atoms with Crippen LogP contribution in [0.4, 0.5) is 22.7 Å². The van der Waals surface area contributed by atoms with E-state index in [-0.39, 0.29) is 18.2 Å². The van der Waals surface area contributed by atoms with Crippen molar-refractivity contribution in [3.05, 3.63) is 48.5 Å². The molecule has 2 aromatic rings. The number of hydrogen-bond donors (Lipinski definition) is 1. The summed E-state index contributed by atoms with van der Waals surface area (Å²) in [5.41, 5.74) is 3.75. The highest BCUT2D eigenvalue weighted by molar-refractivity contribution is 5.95. The molecule has 0 saturated carbocycles. The van der Waals surface area contributed by atoms with Crippen LogP contribution in [0, 0.1) is 0 Å². The van der Waals surface area contributed by atoms with Gasteiger partial charge in [0.25, 0.3) is 0 Å². The predicted octanol–water partition coefficient (Wildman–Crippen LogP) is 3.98. The van der Waals surface area contributed by atoms with Crippen LogP contribution in [-0.4, -0.2) is 45.5 Å². The van der Waals surface area contributed by atoms with Crippen LogP contribution in [0.1, 0.15) is 27.2 Å². The molecule has 0 saturated heterocycles. The Bertz CT molecular complexity index is 797. The Kier molecular flexibility index (Phi) is 8.07. The molecule has 0 fully saturated rings. The number of benzene rings is 2. The van der Waals surface area contributed by atoms with Crippen LogP contribution in [0.5, 0.6) is 0 Å². The quantitative estimate of drug-likeness (QED) is 0.697. The van der Waals surface area contributed by atoms with Crippen molar-refractivity contribution in [2.75, 3.05) is 53.7 Å². The summed E-state index contributed by atoms with van der Waals surface area (Å²) in [6.45, 7) is 7.96. The second kappa shape index (κ2) is 10.5. The molecule has 0 unspecified atom stereocenters.